The molecule has 0 bridgehead atoms. The highest BCUT2D eigenvalue weighted by Gasteiger charge is 2.20. The third-order valence-corrected chi connectivity index (χ3v) is 4.18. The zero-order valence-electron chi connectivity index (χ0n) is 14.0. The number of aromatic nitrogens is 4. The molecule has 0 saturated heterocycles. The van der Waals surface area contributed by atoms with Crippen LogP contribution in [0.2, 0.25) is 0 Å². The van der Waals surface area contributed by atoms with Gasteiger partial charge in [0.05, 0.1) is 12.7 Å². The Bertz CT molecular complexity index is 687. The number of rotatable bonds is 5. The minimum Gasteiger partial charge on any atom is -0.334 e. The third kappa shape index (κ3) is 3.61. The van der Waals surface area contributed by atoms with Crippen molar-refractivity contribution >= 4 is 11.7 Å². The van der Waals surface area contributed by atoms with Crippen molar-refractivity contribution in [1.82, 2.24) is 24.2 Å². The number of aryl methyl sites for hydroxylation is 1. The molecule has 0 saturated carbocycles. The van der Waals surface area contributed by atoms with Gasteiger partial charge in [-0.15, -0.1) is 0 Å². The topological polar surface area (TPSA) is 68.0 Å². The summed E-state index contributed by atoms with van der Waals surface area (Å²) in [5.74, 6) is 2.18. The second-order valence-corrected chi connectivity index (χ2v) is 6.54. The number of anilines is 1. The summed E-state index contributed by atoms with van der Waals surface area (Å²) in [4.78, 5) is 19.0. The number of imidazole rings is 1. The van der Waals surface area contributed by atoms with Crippen LogP contribution >= 0.6 is 0 Å². The maximum atomic E-state index is 12.5. The Morgan fingerprint density at radius 1 is 1.48 bits per heavy atom. The average molecular weight is 316 g/mol. The van der Waals surface area contributed by atoms with Gasteiger partial charge in [-0.2, -0.15) is 5.10 Å². The molecule has 2 aromatic heterocycles. The second kappa shape index (κ2) is 6.54. The van der Waals surface area contributed by atoms with Crippen LogP contribution in [0.25, 0.3) is 0 Å². The lowest BCUT2D eigenvalue weighted by Crippen LogP contribution is -2.22. The fourth-order valence-corrected chi connectivity index (χ4v) is 2.82. The van der Waals surface area contributed by atoms with Gasteiger partial charge in [-0.25, -0.2) is 9.67 Å². The number of carbonyl (C=O) groups excluding carboxylic acids is 1. The van der Waals surface area contributed by atoms with Crippen molar-refractivity contribution in [1.29, 1.82) is 0 Å². The van der Waals surface area contributed by atoms with E-state index in [9.17, 15) is 4.79 Å². The van der Waals surface area contributed by atoms with E-state index >= 15 is 0 Å². The molecule has 1 aliphatic heterocycles. The highest BCUT2D eigenvalue weighted by atomic mass is 16.2. The molecule has 0 aromatic carbocycles. The number of hydrogen-bond acceptors (Lipinski definition) is 4. The van der Waals surface area contributed by atoms with Crippen LogP contribution in [-0.4, -0.2) is 50.8 Å². The van der Waals surface area contributed by atoms with Crippen LogP contribution < -0.4 is 5.32 Å². The fourth-order valence-electron chi connectivity index (χ4n) is 2.82. The molecule has 1 unspecified atom stereocenters. The Kier molecular flexibility index (Phi) is 4.47. The predicted octanol–water partition coefficient (Wildman–Crippen LogP) is 1.48. The lowest BCUT2D eigenvalue weighted by Gasteiger charge is -2.19. The van der Waals surface area contributed by atoms with Crippen LogP contribution in [0.4, 0.5) is 5.82 Å². The molecular formula is C16H24N6O. The molecule has 1 atom stereocenters. The van der Waals surface area contributed by atoms with Gasteiger partial charge in [0.1, 0.15) is 17.3 Å². The molecule has 7 heteroatoms. The Morgan fingerprint density at radius 3 is 3.09 bits per heavy atom. The summed E-state index contributed by atoms with van der Waals surface area (Å²) >= 11 is 0. The van der Waals surface area contributed by atoms with E-state index in [-0.39, 0.29) is 5.91 Å². The van der Waals surface area contributed by atoms with E-state index in [0.29, 0.717) is 17.4 Å². The molecular weight excluding hydrogens is 292 g/mol. The van der Waals surface area contributed by atoms with E-state index in [4.69, 9.17) is 0 Å². The third-order valence-electron chi connectivity index (χ3n) is 4.18. The van der Waals surface area contributed by atoms with Gasteiger partial charge >= 0.3 is 0 Å². The van der Waals surface area contributed by atoms with Gasteiger partial charge in [-0.3, -0.25) is 4.79 Å². The Hall–Kier alpha value is -2.15. The maximum absolute atomic E-state index is 12.5. The number of likely N-dealkylation sites (N-methyl/N-ethyl adjacent to an activating group) is 1. The summed E-state index contributed by atoms with van der Waals surface area (Å²) in [6, 6.07) is 1.81. The van der Waals surface area contributed by atoms with Crippen molar-refractivity contribution in [2.75, 3.05) is 26.0 Å². The van der Waals surface area contributed by atoms with Crippen LogP contribution in [0.5, 0.6) is 0 Å². The minimum atomic E-state index is -0.175. The minimum absolute atomic E-state index is 0.175. The molecule has 0 fully saturated rings. The van der Waals surface area contributed by atoms with Gasteiger partial charge in [0.2, 0.25) is 0 Å². The van der Waals surface area contributed by atoms with Crippen molar-refractivity contribution in [3.05, 3.63) is 30.0 Å². The van der Waals surface area contributed by atoms with Gasteiger partial charge < -0.3 is 14.8 Å². The molecule has 23 heavy (non-hydrogen) atoms. The Morgan fingerprint density at radius 2 is 2.30 bits per heavy atom. The molecule has 7 nitrogen and oxygen atoms in total. The lowest BCUT2D eigenvalue weighted by atomic mass is 10.0. The monoisotopic (exact) mass is 316 g/mol. The lowest BCUT2D eigenvalue weighted by molar-refractivity contribution is 0.102. The molecule has 1 aliphatic rings. The quantitative estimate of drug-likeness (QED) is 0.907. The SMILES string of the molecule is CC1CCc2nc(C(=O)Nc3ccnn3CCN(C)C)cn2C1. The zero-order chi connectivity index (χ0) is 16.4. The van der Waals surface area contributed by atoms with Crippen LogP contribution in [0, 0.1) is 5.92 Å². The van der Waals surface area contributed by atoms with Crippen molar-refractivity contribution in [3.63, 3.8) is 0 Å². The van der Waals surface area contributed by atoms with Crippen LogP contribution in [0.15, 0.2) is 18.5 Å². The first-order valence-electron chi connectivity index (χ1n) is 8.07. The summed E-state index contributed by atoms with van der Waals surface area (Å²) in [7, 11) is 4.02. The summed E-state index contributed by atoms with van der Waals surface area (Å²) in [5, 5.41) is 7.18. The molecule has 2 aromatic rings. The number of nitrogens with one attached hydrogen (secondary N) is 1. The standard InChI is InChI=1S/C16H24N6O/c1-12-4-5-14-18-13(11-21(14)10-12)16(23)19-15-6-7-17-22(15)9-8-20(2)3/h6-7,11-12H,4-5,8-10H2,1-3H3,(H,19,23). The Labute approximate surface area is 136 Å². The molecule has 1 N–H and O–H groups in total. The molecule has 0 aliphatic carbocycles. The maximum Gasteiger partial charge on any atom is 0.277 e. The molecule has 0 spiro atoms. The fraction of sp³-hybridized carbons (Fsp3) is 0.562. The first-order valence-corrected chi connectivity index (χ1v) is 8.07. The largest absolute Gasteiger partial charge is 0.334 e. The highest BCUT2D eigenvalue weighted by Crippen LogP contribution is 2.20. The van der Waals surface area contributed by atoms with Crippen molar-refractivity contribution in [3.8, 4) is 0 Å². The van der Waals surface area contributed by atoms with Crippen molar-refractivity contribution in [2.24, 2.45) is 5.92 Å². The zero-order valence-corrected chi connectivity index (χ0v) is 14.0. The van der Waals surface area contributed by atoms with Gasteiger partial charge in [-0.1, -0.05) is 6.92 Å². The molecule has 3 rings (SSSR count). The number of hydrogen-bond donors (Lipinski definition) is 1. The molecule has 0 radical (unpaired) electrons. The van der Waals surface area contributed by atoms with Crippen molar-refractivity contribution in [2.45, 2.75) is 32.9 Å². The van der Waals surface area contributed by atoms with Gasteiger partial charge in [-0.05, 0) is 26.4 Å². The second-order valence-electron chi connectivity index (χ2n) is 6.54. The van der Waals surface area contributed by atoms with E-state index < -0.39 is 0 Å². The summed E-state index contributed by atoms with van der Waals surface area (Å²) in [6.07, 6.45) is 5.64. The Balaban J connectivity index is 1.69. The normalized spacial score (nSPS) is 17.3. The molecule has 3 heterocycles. The van der Waals surface area contributed by atoms with Crippen LogP contribution in [0.1, 0.15) is 29.7 Å². The van der Waals surface area contributed by atoms with Crippen molar-refractivity contribution < 1.29 is 4.79 Å². The van der Waals surface area contributed by atoms with E-state index in [0.717, 1.165) is 38.3 Å². The predicted molar refractivity (Wildman–Crippen MR) is 88.4 cm³/mol. The first-order chi connectivity index (χ1) is 11.0. The van der Waals surface area contributed by atoms with E-state index in [1.807, 2.05) is 26.4 Å². The number of fused-ring (bicyclic) bond motifs is 1. The average Bonchev–Trinajstić information content (AvgIpc) is 3.11. The number of amides is 1. The van der Waals surface area contributed by atoms with Gasteiger partial charge in [0, 0.05) is 31.8 Å². The highest BCUT2D eigenvalue weighted by molar-refractivity contribution is 6.02. The smallest absolute Gasteiger partial charge is 0.277 e. The summed E-state index contributed by atoms with van der Waals surface area (Å²) in [5.41, 5.74) is 0.481. The number of nitrogens with zero attached hydrogens (tertiary/aromatic N) is 5. The van der Waals surface area contributed by atoms with E-state index in [2.05, 4.69) is 31.8 Å². The van der Waals surface area contributed by atoms with Crippen LogP contribution in [0.3, 0.4) is 0 Å². The molecule has 124 valence electrons. The first kappa shape index (κ1) is 15.7. The summed E-state index contributed by atoms with van der Waals surface area (Å²) < 4.78 is 3.91. The molecule has 1 amide bonds. The van der Waals surface area contributed by atoms with Gasteiger partial charge in [0.25, 0.3) is 5.91 Å². The van der Waals surface area contributed by atoms with E-state index in [1.54, 1.807) is 10.9 Å². The number of carbonyl (C=O) groups is 1. The summed E-state index contributed by atoms with van der Waals surface area (Å²) in [6.45, 7) is 4.76. The van der Waals surface area contributed by atoms with Crippen LogP contribution in [-0.2, 0) is 19.5 Å². The van der Waals surface area contributed by atoms with E-state index in [1.165, 1.54) is 0 Å². The van der Waals surface area contributed by atoms with Gasteiger partial charge in [0.15, 0.2) is 0 Å².